The van der Waals surface area contributed by atoms with Crippen molar-refractivity contribution in [1.82, 2.24) is 5.32 Å². The monoisotopic (exact) mass is 365 g/mol. The lowest BCUT2D eigenvalue weighted by Crippen LogP contribution is -2.25. The van der Waals surface area contributed by atoms with E-state index in [2.05, 4.69) is 10.1 Å². The van der Waals surface area contributed by atoms with Crippen molar-refractivity contribution in [1.29, 1.82) is 0 Å². The molecule has 1 N–H and O–H groups in total. The number of esters is 1. The molecule has 0 bridgehead atoms. The van der Waals surface area contributed by atoms with Crippen molar-refractivity contribution in [2.75, 3.05) is 13.7 Å². The van der Waals surface area contributed by atoms with Gasteiger partial charge in [0.15, 0.2) is 0 Å². The van der Waals surface area contributed by atoms with Crippen molar-refractivity contribution >= 4 is 34.5 Å². The Morgan fingerprint density at radius 1 is 1.44 bits per heavy atom. The predicted octanol–water partition coefficient (Wildman–Crippen LogP) is 2.11. The fourth-order valence-corrected chi connectivity index (χ4v) is 2.03. The van der Waals surface area contributed by atoms with E-state index in [1.807, 2.05) is 22.6 Å². The van der Waals surface area contributed by atoms with Gasteiger partial charge < -0.3 is 10.1 Å². The van der Waals surface area contributed by atoms with Gasteiger partial charge in [0.25, 0.3) is 5.91 Å². The van der Waals surface area contributed by atoms with E-state index in [0.29, 0.717) is 22.1 Å². The first-order valence-electron chi connectivity index (χ1n) is 5.34. The summed E-state index contributed by atoms with van der Waals surface area (Å²) in [5, 5.41) is 2.66. The van der Waals surface area contributed by atoms with Crippen LogP contribution < -0.4 is 5.32 Å². The molecule has 98 valence electrons. The number of methoxy groups -OCH3 is 1. The van der Waals surface area contributed by atoms with E-state index in [-0.39, 0.29) is 24.1 Å². The van der Waals surface area contributed by atoms with Gasteiger partial charge in [-0.15, -0.1) is 0 Å². The number of hydrogen-bond acceptors (Lipinski definition) is 3. The van der Waals surface area contributed by atoms with Crippen LogP contribution in [0.4, 0.5) is 4.39 Å². The fourth-order valence-electron chi connectivity index (χ4n) is 1.31. The Labute approximate surface area is 118 Å². The Kier molecular flexibility index (Phi) is 6.03. The molecule has 0 saturated heterocycles. The van der Waals surface area contributed by atoms with Crippen LogP contribution in [0.5, 0.6) is 0 Å². The van der Waals surface area contributed by atoms with Crippen LogP contribution in [0.15, 0.2) is 18.2 Å². The molecule has 0 unspecified atom stereocenters. The molecule has 0 saturated carbocycles. The zero-order chi connectivity index (χ0) is 13.5. The van der Waals surface area contributed by atoms with Crippen molar-refractivity contribution in [2.24, 2.45) is 0 Å². The van der Waals surface area contributed by atoms with Crippen molar-refractivity contribution in [2.45, 2.75) is 12.8 Å². The van der Waals surface area contributed by atoms with Gasteiger partial charge in [-0.05, 0) is 47.2 Å². The van der Waals surface area contributed by atoms with Crippen LogP contribution in [-0.4, -0.2) is 25.5 Å². The summed E-state index contributed by atoms with van der Waals surface area (Å²) in [4.78, 5) is 22.6. The summed E-state index contributed by atoms with van der Waals surface area (Å²) in [5.41, 5.74) is 0.426. The largest absolute Gasteiger partial charge is 0.469 e. The number of nitrogens with one attached hydrogen (secondary N) is 1. The summed E-state index contributed by atoms with van der Waals surface area (Å²) < 4.78 is 17.9. The van der Waals surface area contributed by atoms with E-state index in [1.54, 1.807) is 0 Å². The Balaban J connectivity index is 2.43. The molecule has 0 heterocycles. The first-order chi connectivity index (χ1) is 8.54. The van der Waals surface area contributed by atoms with Gasteiger partial charge in [0.2, 0.25) is 0 Å². The first kappa shape index (κ1) is 14.9. The molecule has 0 aromatic heterocycles. The summed E-state index contributed by atoms with van der Waals surface area (Å²) >= 11 is 1.90. The number of amides is 1. The normalized spacial score (nSPS) is 9.94. The maximum atomic E-state index is 12.9. The molecular formula is C12H13FINO3. The van der Waals surface area contributed by atoms with Gasteiger partial charge in [-0.25, -0.2) is 4.39 Å². The summed E-state index contributed by atoms with van der Waals surface area (Å²) in [6.07, 6.45) is 0.771. The number of benzene rings is 1. The molecule has 4 nitrogen and oxygen atoms in total. The number of carbonyl (C=O) groups excluding carboxylic acids is 2. The van der Waals surface area contributed by atoms with E-state index in [1.165, 1.54) is 25.3 Å². The third-order valence-corrected chi connectivity index (χ3v) is 3.14. The van der Waals surface area contributed by atoms with Gasteiger partial charge in [-0.2, -0.15) is 0 Å². The maximum absolute atomic E-state index is 12.9. The quantitative estimate of drug-likeness (QED) is 0.494. The molecular weight excluding hydrogens is 352 g/mol. The van der Waals surface area contributed by atoms with E-state index in [9.17, 15) is 14.0 Å². The first-order valence-corrected chi connectivity index (χ1v) is 6.42. The SMILES string of the molecule is COC(=O)CCCNC(=O)c1ccc(F)cc1I. The zero-order valence-electron chi connectivity index (χ0n) is 9.83. The maximum Gasteiger partial charge on any atom is 0.305 e. The second-order valence-corrected chi connectivity index (χ2v) is 4.72. The number of rotatable bonds is 5. The lowest BCUT2D eigenvalue weighted by Gasteiger charge is -2.06. The molecule has 6 heteroatoms. The van der Waals surface area contributed by atoms with Crippen LogP contribution >= 0.6 is 22.6 Å². The minimum atomic E-state index is -0.373. The van der Waals surface area contributed by atoms with E-state index in [4.69, 9.17) is 0 Å². The van der Waals surface area contributed by atoms with Gasteiger partial charge in [-0.1, -0.05) is 0 Å². The molecule has 1 rings (SSSR count). The Morgan fingerprint density at radius 2 is 2.17 bits per heavy atom. The number of hydrogen-bond donors (Lipinski definition) is 1. The third kappa shape index (κ3) is 4.59. The highest BCUT2D eigenvalue weighted by atomic mass is 127. The third-order valence-electron chi connectivity index (χ3n) is 2.25. The number of halogens is 2. The second-order valence-electron chi connectivity index (χ2n) is 3.56. The van der Waals surface area contributed by atoms with Gasteiger partial charge in [0.1, 0.15) is 5.82 Å². The zero-order valence-corrected chi connectivity index (χ0v) is 12.0. The Morgan fingerprint density at radius 3 is 2.78 bits per heavy atom. The van der Waals surface area contributed by atoms with Gasteiger partial charge in [-0.3, -0.25) is 9.59 Å². The average molecular weight is 365 g/mol. The predicted molar refractivity (Wildman–Crippen MR) is 72.7 cm³/mol. The summed E-state index contributed by atoms with van der Waals surface area (Å²) in [7, 11) is 1.32. The standard InChI is InChI=1S/C12H13FINO3/c1-18-11(16)3-2-6-15-12(17)9-5-4-8(13)7-10(9)14/h4-5,7H,2-3,6H2,1H3,(H,15,17). The average Bonchev–Trinajstić information content (AvgIpc) is 2.34. The molecule has 1 amide bonds. The minimum Gasteiger partial charge on any atom is -0.469 e. The van der Waals surface area contributed by atoms with Gasteiger partial charge in [0, 0.05) is 16.5 Å². The molecule has 1 aromatic carbocycles. The van der Waals surface area contributed by atoms with E-state index in [0.717, 1.165) is 0 Å². The summed E-state index contributed by atoms with van der Waals surface area (Å²) in [6.45, 7) is 0.376. The summed E-state index contributed by atoms with van der Waals surface area (Å²) in [6, 6.07) is 3.97. The number of ether oxygens (including phenoxy) is 1. The molecule has 0 atom stereocenters. The molecule has 0 aliphatic heterocycles. The summed E-state index contributed by atoms with van der Waals surface area (Å²) in [5.74, 6) is -0.952. The smallest absolute Gasteiger partial charge is 0.305 e. The lowest BCUT2D eigenvalue weighted by atomic mass is 10.2. The Hall–Kier alpha value is -1.18. The lowest BCUT2D eigenvalue weighted by molar-refractivity contribution is -0.140. The van der Waals surface area contributed by atoms with Crippen LogP contribution in [0.3, 0.4) is 0 Å². The van der Waals surface area contributed by atoms with Crippen molar-refractivity contribution in [3.63, 3.8) is 0 Å². The molecule has 0 radical (unpaired) electrons. The molecule has 1 aromatic rings. The molecule has 18 heavy (non-hydrogen) atoms. The topological polar surface area (TPSA) is 55.4 Å². The van der Waals surface area contributed by atoms with Crippen LogP contribution in [0.2, 0.25) is 0 Å². The number of carbonyl (C=O) groups is 2. The molecule has 0 spiro atoms. The van der Waals surface area contributed by atoms with E-state index >= 15 is 0 Å². The van der Waals surface area contributed by atoms with Crippen molar-refractivity contribution in [3.05, 3.63) is 33.1 Å². The van der Waals surface area contributed by atoms with Crippen LogP contribution in [0, 0.1) is 9.39 Å². The van der Waals surface area contributed by atoms with Gasteiger partial charge in [0.05, 0.1) is 12.7 Å². The molecule has 0 aliphatic carbocycles. The highest BCUT2D eigenvalue weighted by molar-refractivity contribution is 14.1. The highest BCUT2D eigenvalue weighted by Gasteiger charge is 2.10. The van der Waals surface area contributed by atoms with Crippen LogP contribution in [-0.2, 0) is 9.53 Å². The van der Waals surface area contributed by atoms with Crippen LogP contribution in [0.1, 0.15) is 23.2 Å². The molecule has 0 fully saturated rings. The minimum absolute atomic E-state index is 0.261. The molecule has 0 aliphatic rings. The van der Waals surface area contributed by atoms with Crippen LogP contribution in [0.25, 0.3) is 0 Å². The van der Waals surface area contributed by atoms with Gasteiger partial charge >= 0.3 is 5.97 Å². The second kappa shape index (κ2) is 7.30. The van der Waals surface area contributed by atoms with Crippen molar-refractivity contribution < 1.29 is 18.7 Å². The van der Waals surface area contributed by atoms with Crippen molar-refractivity contribution in [3.8, 4) is 0 Å². The fraction of sp³-hybridized carbons (Fsp3) is 0.333. The highest BCUT2D eigenvalue weighted by Crippen LogP contribution is 2.13. The Bertz CT molecular complexity index is 451. The van der Waals surface area contributed by atoms with E-state index < -0.39 is 0 Å².